The van der Waals surface area contributed by atoms with Gasteiger partial charge in [-0.05, 0) is 55.6 Å². The molecule has 1 unspecified atom stereocenters. The summed E-state index contributed by atoms with van der Waals surface area (Å²) in [7, 11) is 0. The summed E-state index contributed by atoms with van der Waals surface area (Å²) in [6.07, 6.45) is 9.26. The number of nitrogens with zero attached hydrogens (tertiary/aromatic N) is 2. The number of thioether (sulfide) groups is 1. The van der Waals surface area contributed by atoms with E-state index in [0.29, 0.717) is 24.4 Å². The lowest BCUT2D eigenvalue weighted by atomic mass is 10.0. The van der Waals surface area contributed by atoms with E-state index in [4.69, 9.17) is 0 Å². The largest absolute Gasteiger partial charge is 0.343 e. The van der Waals surface area contributed by atoms with Gasteiger partial charge >= 0.3 is 0 Å². The SMILES string of the molecule is O=C1CCC(N2Cc3c(SCCCCCCCN4CCCCC4=O)cccc3C2=O)C(=O)N1. The van der Waals surface area contributed by atoms with Crippen molar-refractivity contribution < 1.29 is 19.2 Å². The molecule has 33 heavy (non-hydrogen) atoms. The van der Waals surface area contributed by atoms with Crippen LogP contribution in [0.4, 0.5) is 0 Å². The average molecular weight is 472 g/mol. The van der Waals surface area contributed by atoms with Gasteiger partial charge in [0.2, 0.25) is 17.7 Å². The molecule has 1 aromatic rings. The van der Waals surface area contributed by atoms with Crippen LogP contribution < -0.4 is 5.32 Å². The normalized spacial score (nSPS) is 20.9. The van der Waals surface area contributed by atoms with Crippen LogP contribution in [0.15, 0.2) is 23.1 Å². The Labute approximate surface area is 199 Å². The van der Waals surface area contributed by atoms with Gasteiger partial charge in [0.1, 0.15) is 6.04 Å². The van der Waals surface area contributed by atoms with Gasteiger partial charge in [-0.3, -0.25) is 24.5 Å². The van der Waals surface area contributed by atoms with Gasteiger partial charge in [0.15, 0.2) is 0 Å². The fourth-order valence-electron chi connectivity index (χ4n) is 4.91. The highest BCUT2D eigenvalue weighted by Crippen LogP contribution is 2.34. The van der Waals surface area contributed by atoms with E-state index in [9.17, 15) is 19.2 Å². The third kappa shape index (κ3) is 5.78. The molecule has 1 atom stereocenters. The molecule has 3 aliphatic heterocycles. The highest BCUT2D eigenvalue weighted by molar-refractivity contribution is 7.99. The van der Waals surface area contributed by atoms with Gasteiger partial charge in [-0.2, -0.15) is 0 Å². The Bertz CT molecular complexity index is 919. The topological polar surface area (TPSA) is 86.8 Å². The van der Waals surface area contributed by atoms with Gasteiger partial charge in [0, 0.05) is 42.9 Å². The minimum atomic E-state index is -0.569. The lowest BCUT2D eigenvalue weighted by Gasteiger charge is -2.29. The van der Waals surface area contributed by atoms with Gasteiger partial charge in [-0.15, -0.1) is 11.8 Å². The van der Waals surface area contributed by atoms with E-state index in [-0.39, 0.29) is 24.1 Å². The minimum absolute atomic E-state index is 0.117. The van der Waals surface area contributed by atoms with Crippen LogP contribution in [0.2, 0.25) is 0 Å². The Morgan fingerprint density at radius 1 is 0.970 bits per heavy atom. The monoisotopic (exact) mass is 471 g/mol. The summed E-state index contributed by atoms with van der Waals surface area (Å²) in [5.41, 5.74) is 1.68. The number of imide groups is 1. The van der Waals surface area contributed by atoms with E-state index in [2.05, 4.69) is 11.4 Å². The van der Waals surface area contributed by atoms with Gasteiger partial charge in [-0.25, -0.2) is 0 Å². The minimum Gasteiger partial charge on any atom is -0.343 e. The van der Waals surface area contributed by atoms with Crippen LogP contribution in [0.3, 0.4) is 0 Å². The summed E-state index contributed by atoms with van der Waals surface area (Å²) >= 11 is 1.78. The van der Waals surface area contributed by atoms with E-state index >= 15 is 0 Å². The van der Waals surface area contributed by atoms with Gasteiger partial charge < -0.3 is 9.80 Å². The second-order valence-electron chi connectivity index (χ2n) is 9.14. The predicted octanol–water partition coefficient (Wildman–Crippen LogP) is 3.50. The molecule has 3 aliphatic rings. The zero-order valence-corrected chi connectivity index (χ0v) is 20.0. The quantitative estimate of drug-likeness (QED) is 0.321. The molecule has 0 saturated carbocycles. The molecule has 2 saturated heterocycles. The van der Waals surface area contributed by atoms with Crippen molar-refractivity contribution in [3.8, 4) is 0 Å². The maximum atomic E-state index is 12.9. The molecule has 7 nitrogen and oxygen atoms in total. The lowest BCUT2D eigenvalue weighted by molar-refractivity contribution is -0.137. The number of unbranched alkanes of at least 4 members (excludes halogenated alkanes) is 4. The number of piperidine rings is 2. The number of fused-ring (bicyclic) bond motifs is 1. The summed E-state index contributed by atoms with van der Waals surface area (Å²) in [4.78, 5) is 53.2. The maximum Gasteiger partial charge on any atom is 0.255 e. The molecule has 1 aromatic carbocycles. The number of benzene rings is 1. The van der Waals surface area contributed by atoms with Crippen molar-refractivity contribution in [2.45, 2.75) is 81.7 Å². The number of hydrogen-bond donors (Lipinski definition) is 1. The molecular weight excluding hydrogens is 438 g/mol. The zero-order valence-electron chi connectivity index (χ0n) is 19.1. The second-order valence-corrected chi connectivity index (χ2v) is 10.3. The van der Waals surface area contributed by atoms with Crippen LogP contribution in [0.25, 0.3) is 0 Å². The molecule has 3 heterocycles. The van der Waals surface area contributed by atoms with Crippen LogP contribution in [-0.4, -0.2) is 58.3 Å². The third-order valence-corrected chi connectivity index (χ3v) is 7.98. The van der Waals surface area contributed by atoms with E-state index in [1.165, 1.54) is 6.42 Å². The molecule has 0 aromatic heterocycles. The van der Waals surface area contributed by atoms with Crippen LogP contribution >= 0.6 is 11.8 Å². The van der Waals surface area contributed by atoms with E-state index in [1.54, 1.807) is 16.7 Å². The fraction of sp³-hybridized carbons (Fsp3) is 0.600. The Morgan fingerprint density at radius 3 is 2.61 bits per heavy atom. The van der Waals surface area contributed by atoms with Crippen LogP contribution in [0.1, 0.15) is 80.1 Å². The molecule has 1 N–H and O–H groups in total. The van der Waals surface area contributed by atoms with Crippen molar-refractivity contribution in [2.75, 3.05) is 18.8 Å². The molecule has 2 fully saturated rings. The molecule has 0 radical (unpaired) electrons. The average Bonchev–Trinajstić information content (AvgIpc) is 3.14. The number of nitrogens with one attached hydrogen (secondary N) is 1. The molecular formula is C25H33N3O4S. The third-order valence-electron chi connectivity index (χ3n) is 6.79. The predicted molar refractivity (Wildman–Crippen MR) is 127 cm³/mol. The second kappa shape index (κ2) is 11.2. The molecule has 4 rings (SSSR count). The van der Waals surface area contributed by atoms with Crippen molar-refractivity contribution in [1.82, 2.24) is 15.1 Å². The standard InChI is InChI=1S/C25H33N3O4S/c29-22-13-12-20(24(31)26-22)28-17-19-18(25(28)32)9-8-10-21(19)33-16-7-3-1-2-5-14-27-15-6-4-11-23(27)30/h8-10,20H,1-7,11-17H2,(H,26,29,31). The van der Waals surface area contributed by atoms with Crippen molar-refractivity contribution in [2.24, 2.45) is 0 Å². The molecule has 8 heteroatoms. The van der Waals surface area contributed by atoms with E-state index in [0.717, 1.165) is 74.2 Å². The summed E-state index contributed by atoms with van der Waals surface area (Å²) < 4.78 is 0. The summed E-state index contributed by atoms with van der Waals surface area (Å²) in [6, 6.07) is 5.23. The van der Waals surface area contributed by atoms with Crippen molar-refractivity contribution in [3.63, 3.8) is 0 Å². The Hall–Kier alpha value is -2.35. The van der Waals surface area contributed by atoms with Crippen LogP contribution in [0.5, 0.6) is 0 Å². The number of hydrogen-bond acceptors (Lipinski definition) is 5. The zero-order chi connectivity index (χ0) is 23.2. The lowest BCUT2D eigenvalue weighted by Crippen LogP contribution is -2.52. The summed E-state index contributed by atoms with van der Waals surface area (Å²) in [5, 5.41) is 2.36. The van der Waals surface area contributed by atoms with Gasteiger partial charge in [0.05, 0.1) is 0 Å². The first-order valence-corrected chi connectivity index (χ1v) is 13.2. The maximum absolute atomic E-state index is 12.9. The molecule has 0 aliphatic carbocycles. The number of carbonyl (C=O) groups is 4. The fourth-order valence-corrected chi connectivity index (χ4v) is 6.00. The highest BCUT2D eigenvalue weighted by atomic mass is 32.2. The Kier molecular flexibility index (Phi) is 8.06. The number of carbonyl (C=O) groups excluding carboxylic acids is 4. The first-order chi connectivity index (χ1) is 16.0. The highest BCUT2D eigenvalue weighted by Gasteiger charge is 2.39. The number of likely N-dealkylation sites (tertiary alicyclic amines) is 1. The van der Waals surface area contributed by atoms with E-state index in [1.807, 2.05) is 17.0 Å². The number of rotatable bonds is 10. The first kappa shape index (κ1) is 23.8. The summed E-state index contributed by atoms with van der Waals surface area (Å²) in [6.45, 7) is 2.26. The van der Waals surface area contributed by atoms with Gasteiger partial charge in [-0.1, -0.05) is 25.3 Å². The first-order valence-electron chi connectivity index (χ1n) is 12.2. The Balaban J connectivity index is 1.19. The van der Waals surface area contributed by atoms with Crippen molar-refractivity contribution in [1.29, 1.82) is 0 Å². The van der Waals surface area contributed by atoms with Gasteiger partial charge in [0.25, 0.3) is 5.91 Å². The smallest absolute Gasteiger partial charge is 0.255 e. The molecule has 4 amide bonds. The van der Waals surface area contributed by atoms with Crippen LogP contribution in [-0.2, 0) is 20.9 Å². The van der Waals surface area contributed by atoms with Crippen molar-refractivity contribution >= 4 is 35.4 Å². The van der Waals surface area contributed by atoms with Crippen LogP contribution in [0, 0.1) is 0 Å². The molecule has 178 valence electrons. The Morgan fingerprint density at radius 2 is 1.79 bits per heavy atom. The summed E-state index contributed by atoms with van der Waals surface area (Å²) in [5.74, 6) is 0.563. The molecule has 0 bridgehead atoms. The number of amides is 4. The molecule has 0 spiro atoms. The van der Waals surface area contributed by atoms with Crippen molar-refractivity contribution in [3.05, 3.63) is 29.3 Å². The van der Waals surface area contributed by atoms with E-state index < -0.39 is 6.04 Å².